The van der Waals surface area contributed by atoms with E-state index >= 15 is 0 Å². The van der Waals surface area contributed by atoms with Crippen molar-refractivity contribution in [3.8, 4) is 51.6 Å². The van der Waals surface area contributed by atoms with Crippen molar-refractivity contribution in [2.24, 2.45) is 5.92 Å². The summed E-state index contributed by atoms with van der Waals surface area (Å²) in [5.74, 6) is -0.948. The molecule has 0 fully saturated rings. The normalized spacial score (nSPS) is 23.6. The number of benzene rings is 4. The first-order valence-corrected chi connectivity index (χ1v) is 13.7. The van der Waals surface area contributed by atoms with Crippen molar-refractivity contribution < 1.29 is 39.4 Å². The van der Waals surface area contributed by atoms with Gasteiger partial charge in [0.05, 0.1) is 11.5 Å². The van der Waals surface area contributed by atoms with Gasteiger partial charge in [-0.25, -0.2) is 0 Å². The average molecular weight is 563 g/mol. The molecule has 0 radical (unpaired) electrons. The molecule has 42 heavy (non-hydrogen) atoms. The Morgan fingerprint density at radius 3 is 2.19 bits per heavy atom. The fourth-order valence-corrected chi connectivity index (χ4v) is 7.11. The Morgan fingerprint density at radius 1 is 0.714 bits per heavy atom. The number of hydrogen-bond acceptors (Lipinski definition) is 8. The number of fused-ring (bicyclic) bond motifs is 5. The van der Waals surface area contributed by atoms with Gasteiger partial charge in [-0.3, -0.25) is 0 Å². The van der Waals surface area contributed by atoms with Crippen LogP contribution in [0.15, 0.2) is 88.9 Å². The zero-order valence-corrected chi connectivity index (χ0v) is 22.4. The van der Waals surface area contributed by atoms with E-state index in [1.165, 1.54) is 35.9 Å². The molecule has 4 unspecified atom stereocenters. The molecule has 1 aliphatic carbocycles. The largest absolute Gasteiger partial charge is 0.508 e. The van der Waals surface area contributed by atoms with Crippen LogP contribution in [0, 0.1) is 5.92 Å². The van der Waals surface area contributed by atoms with Crippen LogP contribution < -0.4 is 9.47 Å². The number of allylic oxidation sites excluding steroid dienone is 2. The minimum Gasteiger partial charge on any atom is -0.508 e. The molecule has 4 atom stereocenters. The third-order valence-corrected chi connectivity index (χ3v) is 8.74. The fourth-order valence-electron chi connectivity index (χ4n) is 7.11. The maximum absolute atomic E-state index is 11.1. The van der Waals surface area contributed by atoms with Crippen LogP contribution >= 0.6 is 0 Å². The monoisotopic (exact) mass is 562 g/mol. The molecule has 5 N–H and O–H groups in total. The summed E-state index contributed by atoms with van der Waals surface area (Å²) in [6.07, 6.45) is 2.96. The molecule has 0 saturated carbocycles. The maximum Gasteiger partial charge on any atom is 0.285 e. The van der Waals surface area contributed by atoms with Crippen LogP contribution in [0.3, 0.4) is 0 Å². The number of hydrogen-bond donors (Lipinski definition) is 5. The summed E-state index contributed by atoms with van der Waals surface area (Å²) in [7, 11) is 0. The molecule has 3 aliphatic rings. The molecule has 8 rings (SSSR count). The maximum atomic E-state index is 11.1. The van der Waals surface area contributed by atoms with E-state index < -0.39 is 5.79 Å². The van der Waals surface area contributed by atoms with E-state index in [9.17, 15) is 25.5 Å². The second-order valence-corrected chi connectivity index (χ2v) is 11.4. The number of phenolic OH excluding ortho intramolecular Hbond substituents is 5. The van der Waals surface area contributed by atoms with Gasteiger partial charge in [0.25, 0.3) is 5.79 Å². The minimum absolute atomic E-state index is 0.0518. The average Bonchev–Trinajstić information content (AvgIpc) is 3.34. The van der Waals surface area contributed by atoms with Crippen LogP contribution in [0.1, 0.15) is 41.9 Å². The molecule has 3 heterocycles. The molecule has 8 heteroatoms. The summed E-state index contributed by atoms with van der Waals surface area (Å²) < 4.78 is 19.7. The summed E-state index contributed by atoms with van der Waals surface area (Å²) in [5.41, 5.74) is 4.49. The van der Waals surface area contributed by atoms with Gasteiger partial charge in [0.1, 0.15) is 51.6 Å². The molecule has 8 nitrogen and oxygen atoms in total. The lowest BCUT2D eigenvalue weighted by atomic mass is 9.61. The second kappa shape index (κ2) is 8.39. The zero-order valence-electron chi connectivity index (χ0n) is 22.4. The third kappa shape index (κ3) is 3.48. The highest BCUT2D eigenvalue weighted by atomic mass is 16.7. The molecule has 5 aromatic rings. The van der Waals surface area contributed by atoms with E-state index in [0.717, 1.165) is 22.9 Å². The van der Waals surface area contributed by atoms with Crippen molar-refractivity contribution in [3.05, 3.63) is 101 Å². The SMILES string of the molecule is CC1=CC2c3cc4cc(-c5cc(O)cc(O)c5)oc4cc3OC3(c4ccc(O)cc4O)Oc4cc(O)ccc4C(C1)C23. The molecule has 2 aliphatic heterocycles. The van der Waals surface area contributed by atoms with E-state index in [1.54, 1.807) is 24.3 Å². The Balaban J connectivity index is 1.37. The zero-order chi connectivity index (χ0) is 28.9. The minimum atomic E-state index is -1.49. The van der Waals surface area contributed by atoms with Crippen LogP contribution in [-0.4, -0.2) is 25.5 Å². The van der Waals surface area contributed by atoms with Crippen molar-refractivity contribution in [2.75, 3.05) is 0 Å². The number of phenols is 5. The van der Waals surface area contributed by atoms with Crippen LogP contribution in [0.2, 0.25) is 0 Å². The number of rotatable bonds is 2. The smallest absolute Gasteiger partial charge is 0.285 e. The van der Waals surface area contributed by atoms with Crippen molar-refractivity contribution in [3.63, 3.8) is 0 Å². The van der Waals surface area contributed by atoms with Crippen LogP contribution in [0.5, 0.6) is 40.2 Å². The van der Waals surface area contributed by atoms with Gasteiger partial charge < -0.3 is 39.4 Å². The van der Waals surface area contributed by atoms with E-state index in [1.807, 2.05) is 18.2 Å². The molecule has 4 aromatic carbocycles. The fraction of sp³-hybridized carbons (Fsp3) is 0.176. The van der Waals surface area contributed by atoms with Crippen molar-refractivity contribution in [1.82, 2.24) is 0 Å². The summed E-state index contributed by atoms with van der Waals surface area (Å²) in [4.78, 5) is 0. The summed E-state index contributed by atoms with van der Waals surface area (Å²) in [5, 5.41) is 52.5. The first-order valence-electron chi connectivity index (χ1n) is 13.7. The summed E-state index contributed by atoms with van der Waals surface area (Å²) in [6.45, 7) is 2.10. The highest BCUT2D eigenvalue weighted by molar-refractivity contribution is 5.86. The molecular weight excluding hydrogens is 536 g/mol. The molecule has 0 spiro atoms. The molecule has 0 bridgehead atoms. The summed E-state index contributed by atoms with van der Waals surface area (Å²) in [6, 6.07) is 19.5. The predicted molar refractivity (Wildman–Crippen MR) is 153 cm³/mol. The lowest BCUT2D eigenvalue weighted by Gasteiger charge is -2.55. The number of furan rings is 1. The Hall–Kier alpha value is -5.24. The Kier molecular flexibility index (Phi) is 4.90. The standard InChI is InChI=1S/C34H26O8/c1-16-6-25-23-4-2-20(36)14-31(23)41-34(27-5-3-19(35)13-28(27)39)33(25)26(7-16)24-10-18-11-29(40-30(18)15-32(24)42-34)17-8-21(37)12-22(38)9-17/h2-5,7-15,25-26,33,35-39H,6H2,1H3. The Morgan fingerprint density at radius 2 is 1.43 bits per heavy atom. The second-order valence-electron chi connectivity index (χ2n) is 11.4. The van der Waals surface area contributed by atoms with Gasteiger partial charge in [-0.05, 0) is 61.4 Å². The first kappa shape index (κ1) is 24.5. The van der Waals surface area contributed by atoms with Gasteiger partial charge >= 0.3 is 0 Å². The predicted octanol–water partition coefficient (Wildman–Crippen LogP) is 7.10. The highest BCUT2D eigenvalue weighted by Gasteiger charge is 2.61. The molecule has 0 saturated heterocycles. The number of ether oxygens (including phenoxy) is 2. The van der Waals surface area contributed by atoms with Crippen LogP contribution in [-0.2, 0) is 5.79 Å². The Labute approximate surface area is 239 Å². The van der Waals surface area contributed by atoms with E-state index in [2.05, 4.69) is 13.0 Å². The molecule has 1 aromatic heterocycles. The number of aromatic hydroxyl groups is 5. The summed E-state index contributed by atoms with van der Waals surface area (Å²) >= 11 is 0. The van der Waals surface area contributed by atoms with Gasteiger partial charge in [0.2, 0.25) is 0 Å². The molecule has 0 amide bonds. The van der Waals surface area contributed by atoms with Crippen molar-refractivity contribution in [1.29, 1.82) is 0 Å². The molecule has 210 valence electrons. The Bertz CT molecular complexity index is 1950. The first-order chi connectivity index (χ1) is 20.2. The van der Waals surface area contributed by atoms with E-state index in [4.69, 9.17) is 13.9 Å². The van der Waals surface area contributed by atoms with Crippen molar-refractivity contribution in [2.45, 2.75) is 31.0 Å². The topological polar surface area (TPSA) is 133 Å². The van der Waals surface area contributed by atoms with Crippen molar-refractivity contribution >= 4 is 11.0 Å². The van der Waals surface area contributed by atoms with Crippen LogP contribution in [0.25, 0.3) is 22.3 Å². The van der Waals surface area contributed by atoms with Gasteiger partial charge in [-0.15, -0.1) is 0 Å². The van der Waals surface area contributed by atoms with E-state index in [0.29, 0.717) is 34.0 Å². The lowest BCUT2D eigenvalue weighted by molar-refractivity contribution is -0.198. The quantitative estimate of drug-likeness (QED) is 0.144. The van der Waals surface area contributed by atoms with Gasteiger partial charge in [-0.2, -0.15) is 0 Å². The van der Waals surface area contributed by atoms with E-state index in [-0.39, 0.29) is 46.5 Å². The molecular formula is C34H26O8. The van der Waals surface area contributed by atoms with Gasteiger partial charge in [0, 0.05) is 52.6 Å². The third-order valence-electron chi connectivity index (χ3n) is 8.74. The van der Waals surface area contributed by atoms with Crippen LogP contribution in [0.4, 0.5) is 0 Å². The van der Waals surface area contributed by atoms with Gasteiger partial charge in [-0.1, -0.05) is 17.7 Å². The van der Waals surface area contributed by atoms with Gasteiger partial charge in [0.15, 0.2) is 0 Å². The highest BCUT2D eigenvalue weighted by Crippen LogP contribution is 2.64. The lowest BCUT2D eigenvalue weighted by Crippen LogP contribution is -2.56.